The first kappa shape index (κ1) is 17.0. The molecule has 0 unspecified atom stereocenters. The lowest BCUT2D eigenvalue weighted by atomic mass is 9.99. The number of rotatable bonds is 4. The highest BCUT2D eigenvalue weighted by atomic mass is 32.1. The predicted molar refractivity (Wildman–Crippen MR) is 112 cm³/mol. The van der Waals surface area contributed by atoms with E-state index in [1.54, 1.807) is 17.5 Å². The van der Waals surface area contributed by atoms with E-state index < -0.39 is 0 Å². The lowest BCUT2D eigenvalue weighted by Gasteiger charge is -2.27. The molecule has 1 amide bonds. The average Bonchev–Trinajstić information content (AvgIpc) is 3.49. The Bertz CT molecular complexity index is 1150. The minimum atomic E-state index is 0.0949. The van der Waals surface area contributed by atoms with Crippen LogP contribution < -0.4 is 0 Å². The molecule has 0 radical (unpaired) electrons. The highest BCUT2D eigenvalue weighted by molar-refractivity contribution is 7.09. The normalized spacial score (nSPS) is 14.4. The minimum absolute atomic E-state index is 0.0949. The molecule has 5 nitrogen and oxygen atoms in total. The molecule has 0 saturated heterocycles. The van der Waals surface area contributed by atoms with Gasteiger partial charge in [0.25, 0.3) is 5.91 Å². The summed E-state index contributed by atoms with van der Waals surface area (Å²) in [6.07, 6.45) is 8.82. The molecular weight excluding hydrogens is 368 g/mol. The van der Waals surface area contributed by atoms with Gasteiger partial charge in [0.2, 0.25) is 0 Å². The molecule has 28 heavy (non-hydrogen) atoms. The molecule has 6 heteroatoms. The molecule has 5 rings (SSSR count). The highest BCUT2D eigenvalue weighted by Gasteiger charge is 2.22. The number of fused-ring (bicyclic) bond motifs is 1. The number of thiophene rings is 1. The Morgan fingerprint density at radius 1 is 1.21 bits per heavy atom. The van der Waals surface area contributed by atoms with Crippen molar-refractivity contribution in [3.63, 3.8) is 0 Å². The van der Waals surface area contributed by atoms with Crippen LogP contribution in [0.1, 0.15) is 27.3 Å². The van der Waals surface area contributed by atoms with E-state index in [2.05, 4.69) is 33.6 Å². The summed E-state index contributed by atoms with van der Waals surface area (Å²) in [6, 6.07) is 12.1. The molecule has 4 aromatic heterocycles. The summed E-state index contributed by atoms with van der Waals surface area (Å²) in [5.74, 6) is 0.0949. The van der Waals surface area contributed by atoms with E-state index in [0.717, 1.165) is 36.2 Å². The van der Waals surface area contributed by atoms with Crippen LogP contribution in [0, 0.1) is 0 Å². The van der Waals surface area contributed by atoms with Gasteiger partial charge in [0.05, 0.1) is 6.54 Å². The SMILES string of the molecule is O=C(c1cccn1Cc1cccs1)N1CC=C(c2c[nH]c3ncccc23)CC1. The highest BCUT2D eigenvalue weighted by Crippen LogP contribution is 2.28. The van der Waals surface area contributed by atoms with Crippen molar-refractivity contribution < 1.29 is 4.79 Å². The first-order valence-electron chi connectivity index (χ1n) is 9.38. The molecule has 0 atom stereocenters. The maximum Gasteiger partial charge on any atom is 0.270 e. The maximum absolute atomic E-state index is 13.1. The fourth-order valence-electron chi connectivity index (χ4n) is 3.80. The molecule has 0 saturated carbocycles. The van der Waals surface area contributed by atoms with Crippen LogP contribution in [0.15, 0.2) is 66.4 Å². The Morgan fingerprint density at radius 3 is 3.00 bits per heavy atom. The molecule has 5 heterocycles. The number of carbonyl (C=O) groups is 1. The number of hydrogen-bond donors (Lipinski definition) is 1. The van der Waals surface area contributed by atoms with Gasteiger partial charge in [0, 0.05) is 47.5 Å². The van der Waals surface area contributed by atoms with E-state index in [4.69, 9.17) is 0 Å². The molecule has 4 aromatic rings. The number of nitrogens with one attached hydrogen (secondary N) is 1. The van der Waals surface area contributed by atoms with E-state index in [1.807, 2.05) is 46.1 Å². The largest absolute Gasteiger partial charge is 0.346 e. The van der Waals surface area contributed by atoms with Gasteiger partial charge < -0.3 is 14.5 Å². The summed E-state index contributed by atoms with van der Waals surface area (Å²) in [5, 5.41) is 3.20. The van der Waals surface area contributed by atoms with Gasteiger partial charge in [0.1, 0.15) is 11.3 Å². The van der Waals surface area contributed by atoms with Gasteiger partial charge in [-0.05, 0) is 47.7 Å². The quantitative estimate of drug-likeness (QED) is 0.563. The number of pyridine rings is 1. The predicted octanol–water partition coefficient (Wildman–Crippen LogP) is 4.40. The van der Waals surface area contributed by atoms with Crippen LogP contribution in [0.5, 0.6) is 0 Å². The summed E-state index contributed by atoms with van der Waals surface area (Å²) in [6.45, 7) is 2.09. The standard InChI is InChI=1S/C22H20N4OS/c27-22(20-6-2-10-26(20)15-17-4-3-13-28-17)25-11-7-16(8-12-25)19-14-24-21-18(19)5-1-9-23-21/h1-7,9-10,13-14H,8,11-12,15H2,(H,23,24). The number of aromatic nitrogens is 3. The van der Waals surface area contributed by atoms with Crippen LogP contribution in [0.3, 0.4) is 0 Å². The summed E-state index contributed by atoms with van der Waals surface area (Å²) in [4.78, 5) is 23.9. The summed E-state index contributed by atoms with van der Waals surface area (Å²) in [5.41, 5.74) is 4.12. The van der Waals surface area contributed by atoms with Gasteiger partial charge in [-0.2, -0.15) is 0 Å². The molecular formula is C22H20N4OS. The number of hydrogen-bond acceptors (Lipinski definition) is 3. The number of carbonyl (C=O) groups excluding carboxylic acids is 1. The van der Waals surface area contributed by atoms with E-state index in [9.17, 15) is 4.79 Å². The van der Waals surface area contributed by atoms with Gasteiger partial charge in [-0.25, -0.2) is 4.98 Å². The van der Waals surface area contributed by atoms with Crippen molar-refractivity contribution in [2.75, 3.05) is 13.1 Å². The zero-order chi connectivity index (χ0) is 18.9. The van der Waals surface area contributed by atoms with E-state index in [-0.39, 0.29) is 5.91 Å². The van der Waals surface area contributed by atoms with Gasteiger partial charge >= 0.3 is 0 Å². The minimum Gasteiger partial charge on any atom is -0.346 e. The topological polar surface area (TPSA) is 53.9 Å². The summed E-state index contributed by atoms with van der Waals surface area (Å²) in [7, 11) is 0. The Hall–Kier alpha value is -3.12. The van der Waals surface area contributed by atoms with E-state index in [1.165, 1.54) is 16.0 Å². The first-order chi connectivity index (χ1) is 13.8. The third kappa shape index (κ3) is 3.05. The second kappa shape index (κ2) is 7.13. The van der Waals surface area contributed by atoms with E-state index in [0.29, 0.717) is 6.54 Å². The number of nitrogens with zero attached hydrogens (tertiary/aromatic N) is 3. The van der Waals surface area contributed by atoms with Crippen molar-refractivity contribution in [2.45, 2.75) is 13.0 Å². The Kier molecular flexibility index (Phi) is 4.33. The van der Waals surface area contributed by atoms with Crippen molar-refractivity contribution in [3.05, 3.63) is 82.6 Å². The van der Waals surface area contributed by atoms with Crippen molar-refractivity contribution >= 4 is 33.9 Å². The van der Waals surface area contributed by atoms with Crippen LogP contribution in [-0.2, 0) is 6.54 Å². The van der Waals surface area contributed by atoms with Crippen LogP contribution >= 0.6 is 11.3 Å². The molecule has 0 bridgehead atoms. The van der Waals surface area contributed by atoms with Crippen LogP contribution in [-0.4, -0.2) is 38.4 Å². The third-order valence-corrected chi connectivity index (χ3v) is 6.11. The van der Waals surface area contributed by atoms with Crippen LogP contribution in [0.4, 0.5) is 0 Å². The second-order valence-corrected chi connectivity index (χ2v) is 7.97. The van der Waals surface area contributed by atoms with Crippen LogP contribution in [0.25, 0.3) is 16.6 Å². The monoisotopic (exact) mass is 388 g/mol. The Balaban J connectivity index is 1.34. The van der Waals surface area contributed by atoms with Crippen LogP contribution in [0.2, 0.25) is 0 Å². The lowest BCUT2D eigenvalue weighted by Crippen LogP contribution is -2.35. The molecule has 1 N–H and O–H groups in total. The first-order valence-corrected chi connectivity index (χ1v) is 10.3. The molecule has 0 aliphatic carbocycles. The molecule has 0 spiro atoms. The molecule has 140 valence electrons. The van der Waals surface area contributed by atoms with Gasteiger partial charge in [-0.15, -0.1) is 11.3 Å². The fraction of sp³-hybridized carbons (Fsp3) is 0.182. The lowest BCUT2D eigenvalue weighted by molar-refractivity contribution is 0.0762. The maximum atomic E-state index is 13.1. The zero-order valence-corrected chi connectivity index (χ0v) is 16.2. The van der Waals surface area contributed by atoms with Crippen molar-refractivity contribution in [1.82, 2.24) is 19.4 Å². The number of amides is 1. The second-order valence-electron chi connectivity index (χ2n) is 6.93. The fourth-order valence-corrected chi connectivity index (χ4v) is 4.50. The Morgan fingerprint density at radius 2 is 2.18 bits per heavy atom. The Labute approximate surface area is 166 Å². The molecule has 0 aromatic carbocycles. The molecule has 0 fully saturated rings. The van der Waals surface area contributed by atoms with Crippen molar-refractivity contribution in [2.24, 2.45) is 0 Å². The summed E-state index contributed by atoms with van der Waals surface area (Å²) < 4.78 is 2.04. The van der Waals surface area contributed by atoms with E-state index >= 15 is 0 Å². The van der Waals surface area contributed by atoms with Crippen molar-refractivity contribution in [3.8, 4) is 0 Å². The molecule has 1 aliphatic rings. The average molecular weight is 388 g/mol. The number of H-pyrrole nitrogens is 1. The number of aromatic amines is 1. The molecule has 1 aliphatic heterocycles. The van der Waals surface area contributed by atoms with Gasteiger partial charge in [-0.3, -0.25) is 4.79 Å². The summed E-state index contributed by atoms with van der Waals surface area (Å²) >= 11 is 1.71. The zero-order valence-electron chi connectivity index (χ0n) is 15.3. The third-order valence-electron chi connectivity index (χ3n) is 5.25. The van der Waals surface area contributed by atoms with Crippen molar-refractivity contribution in [1.29, 1.82) is 0 Å². The van der Waals surface area contributed by atoms with Gasteiger partial charge in [0.15, 0.2) is 0 Å². The smallest absolute Gasteiger partial charge is 0.270 e. The van der Waals surface area contributed by atoms with Gasteiger partial charge in [-0.1, -0.05) is 12.1 Å².